The van der Waals surface area contributed by atoms with Gasteiger partial charge in [0.05, 0.1) is 7.11 Å². The lowest BCUT2D eigenvalue weighted by Gasteiger charge is -2.18. The fourth-order valence-electron chi connectivity index (χ4n) is 2.98. The molecule has 1 aromatic carbocycles. The average molecular weight is 262 g/mol. The lowest BCUT2D eigenvalue weighted by molar-refractivity contribution is 0.411. The average Bonchev–Trinajstić information content (AvgIpc) is 2.81. The second kappa shape index (κ2) is 6.40. The van der Waals surface area contributed by atoms with Crippen molar-refractivity contribution in [1.29, 1.82) is 0 Å². The van der Waals surface area contributed by atoms with Gasteiger partial charge in [-0.25, -0.2) is 0 Å². The number of ether oxygens (including phenoxy) is 1. The maximum Gasteiger partial charge on any atom is 0.122 e. The quantitative estimate of drug-likeness (QED) is 0.856. The monoisotopic (exact) mass is 262 g/mol. The van der Waals surface area contributed by atoms with E-state index in [0.717, 1.165) is 18.7 Å². The third-order valence-corrected chi connectivity index (χ3v) is 4.44. The maximum absolute atomic E-state index is 6.07. The minimum Gasteiger partial charge on any atom is -0.496 e. The number of nitrogens with two attached hydrogens (primary N) is 1. The van der Waals surface area contributed by atoms with Crippen LogP contribution in [0.25, 0.3) is 0 Å². The van der Waals surface area contributed by atoms with E-state index in [-0.39, 0.29) is 0 Å². The van der Waals surface area contributed by atoms with E-state index in [2.05, 4.69) is 31.3 Å². The van der Waals surface area contributed by atoms with Crippen molar-refractivity contribution in [3.63, 3.8) is 0 Å². The minimum absolute atomic E-state index is 0.346. The maximum atomic E-state index is 6.07. The van der Waals surface area contributed by atoms with Crippen molar-refractivity contribution in [2.75, 3.05) is 13.7 Å². The summed E-state index contributed by atoms with van der Waals surface area (Å²) in [7, 11) is 1.73. The van der Waals surface area contributed by atoms with Crippen LogP contribution in [0.3, 0.4) is 0 Å². The highest BCUT2D eigenvalue weighted by atomic mass is 16.5. The zero-order chi connectivity index (χ0) is 13.8. The molecule has 0 amide bonds. The molecule has 1 aliphatic carbocycles. The van der Waals surface area contributed by atoms with Gasteiger partial charge in [-0.05, 0) is 62.4 Å². The molecule has 1 aliphatic rings. The van der Waals surface area contributed by atoms with Crippen molar-refractivity contribution in [1.82, 2.24) is 5.32 Å². The second-order valence-corrected chi connectivity index (χ2v) is 5.58. The summed E-state index contributed by atoms with van der Waals surface area (Å²) in [5.41, 5.74) is 10.1. The summed E-state index contributed by atoms with van der Waals surface area (Å²) in [6, 6.07) is 5.11. The Bertz CT molecular complexity index is 431. The molecule has 19 heavy (non-hydrogen) atoms. The van der Waals surface area contributed by atoms with Crippen LogP contribution in [0.1, 0.15) is 36.0 Å². The first-order valence-electron chi connectivity index (χ1n) is 7.25. The van der Waals surface area contributed by atoms with Crippen molar-refractivity contribution >= 4 is 0 Å². The molecule has 0 spiro atoms. The molecule has 2 atom stereocenters. The molecule has 0 aliphatic heterocycles. The molecule has 3 N–H and O–H groups in total. The number of rotatable bonds is 5. The zero-order valence-electron chi connectivity index (χ0n) is 12.3. The van der Waals surface area contributed by atoms with Crippen molar-refractivity contribution < 1.29 is 4.74 Å². The minimum atomic E-state index is 0.346. The van der Waals surface area contributed by atoms with Gasteiger partial charge in [-0.3, -0.25) is 0 Å². The van der Waals surface area contributed by atoms with Gasteiger partial charge in [0.15, 0.2) is 0 Å². The SMILES string of the molecule is COc1ccc(CCNC2CCCC2N)c(C)c1C. The molecule has 0 bridgehead atoms. The molecule has 3 heteroatoms. The van der Waals surface area contributed by atoms with Crippen LogP contribution < -0.4 is 15.8 Å². The van der Waals surface area contributed by atoms with Crippen LogP contribution >= 0.6 is 0 Å². The molecule has 1 aromatic rings. The summed E-state index contributed by atoms with van der Waals surface area (Å²) < 4.78 is 5.35. The van der Waals surface area contributed by atoms with E-state index in [4.69, 9.17) is 10.5 Å². The van der Waals surface area contributed by atoms with Crippen molar-refractivity contribution in [2.24, 2.45) is 5.73 Å². The Morgan fingerprint density at radius 3 is 2.68 bits per heavy atom. The van der Waals surface area contributed by atoms with Gasteiger partial charge in [-0.2, -0.15) is 0 Å². The first-order valence-corrected chi connectivity index (χ1v) is 7.25. The lowest BCUT2D eigenvalue weighted by atomic mass is 10.00. The van der Waals surface area contributed by atoms with Gasteiger partial charge >= 0.3 is 0 Å². The van der Waals surface area contributed by atoms with Crippen molar-refractivity contribution in [2.45, 2.75) is 51.6 Å². The van der Waals surface area contributed by atoms with Gasteiger partial charge in [0.25, 0.3) is 0 Å². The lowest BCUT2D eigenvalue weighted by Crippen LogP contribution is -2.41. The Labute approximate surface area is 116 Å². The number of methoxy groups -OCH3 is 1. The van der Waals surface area contributed by atoms with Crippen LogP contribution in [0.5, 0.6) is 5.75 Å². The summed E-state index contributed by atoms with van der Waals surface area (Å²) >= 11 is 0. The first kappa shape index (κ1) is 14.4. The van der Waals surface area contributed by atoms with E-state index >= 15 is 0 Å². The summed E-state index contributed by atoms with van der Waals surface area (Å²) in [4.78, 5) is 0. The molecule has 2 rings (SSSR count). The van der Waals surface area contributed by atoms with Gasteiger partial charge in [0.2, 0.25) is 0 Å². The highest BCUT2D eigenvalue weighted by molar-refractivity contribution is 5.43. The summed E-state index contributed by atoms with van der Waals surface area (Å²) in [5, 5.41) is 3.60. The summed E-state index contributed by atoms with van der Waals surface area (Å²) in [6.07, 6.45) is 4.71. The van der Waals surface area contributed by atoms with E-state index in [1.54, 1.807) is 7.11 Å². The van der Waals surface area contributed by atoms with Gasteiger partial charge in [-0.1, -0.05) is 12.5 Å². The largest absolute Gasteiger partial charge is 0.496 e. The van der Waals surface area contributed by atoms with Crippen LogP contribution in [0, 0.1) is 13.8 Å². The van der Waals surface area contributed by atoms with Gasteiger partial charge in [0.1, 0.15) is 5.75 Å². The van der Waals surface area contributed by atoms with Gasteiger partial charge < -0.3 is 15.8 Å². The molecule has 2 unspecified atom stereocenters. The van der Waals surface area contributed by atoms with Gasteiger partial charge in [0, 0.05) is 12.1 Å². The van der Waals surface area contributed by atoms with Crippen molar-refractivity contribution in [3.05, 3.63) is 28.8 Å². The van der Waals surface area contributed by atoms with Crippen molar-refractivity contribution in [3.8, 4) is 5.75 Å². The van der Waals surface area contributed by atoms with Crippen LogP contribution in [0.15, 0.2) is 12.1 Å². The Morgan fingerprint density at radius 1 is 1.26 bits per heavy atom. The van der Waals surface area contributed by atoms with E-state index in [1.807, 2.05) is 0 Å². The zero-order valence-corrected chi connectivity index (χ0v) is 12.3. The van der Waals surface area contributed by atoms with E-state index in [1.165, 1.54) is 36.0 Å². The number of benzene rings is 1. The predicted octanol–water partition coefficient (Wildman–Crippen LogP) is 2.32. The van der Waals surface area contributed by atoms with Crippen LogP contribution in [0.2, 0.25) is 0 Å². The Hall–Kier alpha value is -1.06. The molecule has 0 radical (unpaired) electrons. The highest BCUT2D eigenvalue weighted by Gasteiger charge is 2.22. The third kappa shape index (κ3) is 3.28. The fourth-order valence-corrected chi connectivity index (χ4v) is 2.98. The molecule has 1 fully saturated rings. The highest BCUT2D eigenvalue weighted by Crippen LogP contribution is 2.24. The summed E-state index contributed by atoms with van der Waals surface area (Å²) in [6.45, 7) is 5.30. The van der Waals surface area contributed by atoms with Gasteiger partial charge in [-0.15, -0.1) is 0 Å². The first-order chi connectivity index (χ1) is 9.13. The molecule has 3 nitrogen and oxygen atoms in total. The smallest absolute Gasteiger partial charge is 0.122 e. The van der Waals surface area contributed by atoms with E-state index in [9.17, 15) is 0 Å². The molecule has 1 saturated carbocycles. The number of hydrogen-bond donors (Lipinski definition) is 2. The van der Waals surface area contributed by atoms with Crippen LogP contribution in [-0.4, -0.2) is 25.7 Å². The number of hydrogen-bond acceptors (Lipinski definition) is 3. The Kier molecular flexibility index (Phi) is 4.83. The molecule has 106 valence electrons. The molecule has 0 aromatic heterocycles. The topological polar surface area (TPSA) is 47.3 Å². The normalized spacial score (nSPS) is 22.7. The summed E-state index contributed by atoms with van der Waals surface area (Å²) in [5.74, 6) is 0.979. The van der Waals surface area contributed by atoms with E-state index in [0.29, 0.717) is 12.1 Å². The predicted molar refractivity (Wildman–Crippen MR) is 79.8 cm³/mol. The van der Waals surface area contributed by atoms with Crippen LogP contribution in [0.4, 0.5) is 0 Å². The third-order valence-electron chi connectivity index (χ3n) is 4.44. The fraction of sp³-hybridized carbons (Fsp3) is 0.625. The van der Waals surface area contributed by atoms with Crippen LogP contribution in [-0.2, 0) is 6.42 Å². The number of nitrogens with one attached hydrogen (secondary N) is 1. The molecule has 0 heterocycles. The Morgan fingerprint density at radius 2 is 2.05 bits per heavy atom. The van der Waals surface area contributed by atoms with E-state index < -0.39 is 0 Å². The molecular weight excluding hydrogens is 236 g/mol. The standard InChI is InChI=1S/C16H26N2O/c1-11-12(2)16(19-3)8-7-13(11)9-10-18-15-6-4-5-14(15)17/h7-8,14-15,18H,4-6,9-10,17H2,1-3H3. The second-order valence-electron chi connectivity index (χ2n) is 5.58. The molecular formula is C16H26N2O. The Balaban J connectivity index is 1.91. The molecule has 0 saturated heterocycles.